The monoisotopic (exact) mass is 511 g/mol. The van der Waals surface area contributed by atoms with E-state index in [-0.39, 0.29) is 0 Å². The van der Waals surface area contributed by atoms with Crippen molar-refractivity contribution in [2.75, 3.05) is 0 Å². The van der Waals surface area contributed by atoms with E-state index in [4.69, 9.17) is 15.0 Å². The number of imidazole rings is 1. The summed E-state index contributed by atoms with van der Waals surface area (Å²) in [6, 6.07) is 42.2. The summed E-state index contributed by atoms with van der Waals surface area (Å²) in [5, 5.41) is 5.60. The second-order valence-electron chi connectivity index (χ2n) is 10.2. The first-order valence-electron chi connectivity index (χ1n) is 13.4. The number of hydrogen-bond donors (Lipinski definition) is 0. The second-order valence-corrected chi connectivity index (χ2v) is 10.2. The summed E-state index contributed by atoms with van der Waals surface area (Å²) in [6.07, 6.45) is 2.07. The van der Waals surface area contributed by atoms with Gasteiger partial charge in [0.15, 0.2) is 0 Å². The third-order valence-electron chi connectivity index (χ3n) is 7.93. The average molecular weight is 512 g/mol. The average Bonchev–Trinajstić information content (AvgIpc) is 3.54. The van der Waals surface area contributed by atoms with Crippen LogP contribution in [0.15, 0.2) is 128 Å². The number of benzene rings is 5. The Hall–Kier alpha value is -5.55. The number of nitrogens with zero attached hydrogens (tertiary/aromatic N) is 5. The highest BCUT2D eigenvalue weighted by molar-refractivity contribution is 6.14. The fourth-order valence-corrected chi connectivity index (χ4v) is 6.11. The molecule has 9 rings (SSSR count). The highest BCUT2D eigenvalue weighted by atomic mass is 15.2. The van der Waals surface area contributed by atoms with E-state index in [0.717, 1.165) is 71.4 Å². The standard InChI is InChI=1S/C35H21N5/c1-2-11-23(12-3-1)33-26-18-17-22-10-4-5-13-24(22)34(26)38-35(37-33)40-29-15-7-6-14-25(29)27-20-28-31(21-30(27)40)39-19-9-8-16-32(39)36-28/h1-21H. The first kappa shape index (κ1) is 21.4. The number of rotatable bonds is 2. The summed E-state index contributed by atoms with van der Waals surface area (Å²) in [6.45, 7) is 0. The van der Waals surface area contributed by atoms with Crippen molar-refractivity contribution in [1.29, 1.82) is 0 Å². The van der Waals surface area contributed by atoms with Crippen molar-refractivity contribution in [2.45, 2.75) is 0 Å². The first-order chi connectivity index (χ1) is 19.8. The van der Waals surface area contributed by atoms with Crippen LogP contribution in [0.4, 0.5) is 0 Å². The van der Waals surface area contributed by atoms with Crippen LogP contribution in [0.25, 0.3) is 77.4 Å². The van der Waals surface area contributed by atoms with E-state index < -0.39 is 0 Å². The van der Waals surface area contributed by atoms with Gasteiger partial charge in [-0.05, 0) is 41.8 Å². The van der Waals surface area contributed by atoms with Gasteiger partial charge in [-0.15, -0.1) is 0 Å². The van der Waals surface area contributed by atoms with Crippen molar-refractivity contribution >= 4 is 60.2 Å². The molecular weight excluding hydrogens is 490 g/mol. The maximum atomic E-state index is 5.29. The minimum absolute atomic E-state index is 0.655. The molecule has 0 bridgehead atoms. The van der Waals surface area contributed by atoms with Crippen LogP contribution in [-0.4, -0.2) is 23.9 Å². The number of para-hydroxylation sites is 1. The maximum Gasteiger partial charge on any atom is 0.235 e. The van der Waals surface area contributed by atoms with Gasteiger partial charge in [-0.2, -0.15) is 0 Å². The van der Waals surface area contributed by atoms with Gasteiger partial charge in [0, 0.05) is 33.3 Å². The quantitative estimate of drug-likeness (QED) is 0.219. The lowest BCUT2D eigenvalue weighted by molar-refractivity contribution is 1.02. The molecule has 5 aromatic carbocycles. The van der Waals surface area contributed by atoms with Crippen LogP contribution >= 0.6 is 0 Å². The smallest absolute Gasteiger partial charge is 0.235 e. The van der Waals surface area contributed by atoms with E-state index in [1.165, 1.54) is 0 Å². The molecule has 40 heavy (non-hydrogen) atoms. The third kappa shape index (κ3) is 2.94. The molecule has 0 radical (unpaired) electrons. The molecule has 0 spiro atoms. The van der Waals surface area contributed by atoms with Gasteiger partial charge in [0.2, 0.25) is 5.95 Å². The molecule has 0 aliphatic rings. The summed E-state index contributed by atoms with van der Waals surface area (Å²) < 4.78 is 4.35. The SMILES string of the molecule is c1ccc(-c2nc(-n3c4ccccc4c4cc5nc6ccccn6c5cc43)nc3c2ccc2ccccc23)cc1. The summed E-state index contributed by atoms with van der Waals surface area (Å²) >= 11 is 0. The Morgan fingerprint density at radius 2 is 1.30 bits per heavy atom. The number of aromatic nitrogens is 5. The summed E-state index contributed by atoms with van der Waals surface area (Å²) in [7, 11) is 0. The largest absolute Gasteiger partial charge is 0.300 e. The van der Waals surface area contributed by atoms with Crippen LogP contribution in [0.5, 0.6) is 0 Å². The number of hydrogen-bond acceptors (Lipinski definition) is 3. The van der Waals surface area contributed by atoms with Crippen LogP contribution in [-0.2, 0) is 0 Å². The molecule has 0 saturated carbocycles. The lowest BCUT2D eigenvalue weighted by Crippen LogP contribution is -2.04. The normalized spacial score (nSPS) is 12.0. The molecule has 0 unspecified atom stereocenters. The number of pyridine rings is 1. The van der Waals surface area contributed by atoms with E-state index in [1.54, 1.807) is 0 Å². The molecule has 0 atom stereocenters. The Labute approximate surface area is 228 Å². The van der Waals surface area contributed by atoms with Crippen LogP contribution in [0.2, 0.25) is 0 Å². The minimum Gasteiger partial charge on any atom is -0.300 e. The number of fused-ring (bicyclic) bond motifs is 9. The van der Waals surface area contributed by atoms with Crippen LogP contribution in [0, 0.1) is 0 Å². The predicted octanol–water partition coefficient (Wildman–Crippen LogP) is 8.35. The summed E-state index contributed by atoms with van der Waals surface area (Å²) in [4.78, 5) is 15.5. The van der Waals surface area contributed by atoms with Gasteiger partial charge in [-0.3, -0.25) is 8.97 Å². The molecule has 0 aliphatic heterocycles. The molecular formula is C35H21N5. The van der Waals surface area contributed by atoms with E-state index in [9.17, 15) is 0 Å². The van der Waals surface area contributed by atoms with Gasteiger partial charge in [0.05, 0.1) is 33.3 Å². The van der Waals surface area contributed by atoms with E-state index in [2.05, 4.69) is 112 Å². The molecule has 4 aromatic heterocycles. The van der Waals surface area contributed by atoms with Gasteiger partial charge in [0.25, 0.3) is 0 Å². The van der Waals surface area contributed by atoms with Crippen molar-refractivity contribution < 1.29 is 0 Å². The van der Waals surface area contributed by atoms with Crippen molar-refractivity contribution in [3.63, 3.8) is 0 Å². The third-order valence-corrected chi connectivity index (χ3v) is 7.93. The zero-order chi connectivity index (χ0) is 26.2. The molecule has 4 heterocycles. The van der Waals surface area contributed by atoms with E-state index in [0.29, 0.717) is 5.95 Å². The lowest BCUT2D eigenvalue weighted by atomic mass is 10.0. The molecule has 5 heteroatoms. The van der Waals surface area contributed by atoms with Crippen molar-refractivity contribution in [2.24, 2.45) is 0 Å². The molecule has 0 fully saturated rings. The van der Waals surface area contributed by atoms with E-state index in [1.807, 2.05) is 24.3 Å². The molecule has 0 saturated heterocycles. The zero-order valence-corrected chi connectivity index (χ0v) is 21.4. The molecule has 0 amide bonds. The first-order valence-corrected chi connectivity index (χ1v) is 13.4. The van der Waals surface area contributed by atoms with Gasteiger partial charge in [0.1, 0.15) is 5.65 Å². The molecule has 186 valence electrons. The van der Waals surface area contributed by atoms with Gasteiger partial charge >= 0.3 is 0 Å². The van der Waals surface area contributed by atoms with Crippen LogP contribution in [0.3, 0.4) is 0 Å². The van der Waals surface area contributed by atoms with Crippen LogP contribution in [0.1, 0.15) is 0 Å². The van der Waals surface area contributed by atoms with Gasteiger partial charge < -0.3 is 0 Å². The fraction of sp³-hybridized carbons (Fsp3) is 0. The van der Waals surface area contributed by atoms with Crippen molar-refractivity contribution in [3.8, 4) is 17.2 Å². The predicted molar refractivity (Wildman–Crippen MR) is 163 cm³/mol. The van der Waals surface area contributed by atoms with Crippen LogP contribution < -0.4 is 0 Å². The Balaban J connectivity index is 1.46. The maximum absolute atomic E-state index is 5.29. The van der Waals surface area contributed by atoms with E-state index >= 15 is 0 Å². The van der Waals surface area contributed by atoms with Crippen molar-refractivity contribution in [3.05, 3.63) is 128 Å². The summed E-state index contributed by atoms with van der Waals surface area (Å²) in [5.41, 5.74) is 8.02. The summed E-state index contributed by atoms with van der Waals surface area (Å²) in [5.74, 6) is 0.655. The lowest BCUT2D eigenvalue weighted by Gasteiger charge is -2.13. The van der Waals surface area contributed by atoms with Crippen molar-refractivity contribution in [1.82, 2.24) is 23.9 Å². The van der Waals surface area contributed by atoms with Gasteiger partial charge in [-0.25, -0.2) is 15.0 Å². The molecule has 9 aromatic rings. The zero-order valence-electron chi connectivity index (χ0n) is 21.4. The Kier molecular flexibility index (Phi) is 4.27. The Morgan fingerprint density at radius 3 is 2.23 bits per heavy atom. The molecule has 0 N–H and O–H groups in total. The second kappa shape index (κ2) is 7.98. The molecule has 0 aliphatic carbocycles. The topological polar surface area (TPSA) is 48.0 Å². The highest BCUT2D eigenvalue weighted by Gasteiger charge is 2.19. The Morgan fingerprint density at radius 1 is 0.500 bits per heavy atom. The highest BCUT2D eigenvalue weighted by Crippen LogP contribution is 2.37. The van der Waals surface area contributed by atoms with Gasteiger partial charge in [-0.1, -0.05) is 84.9 Å². The Bertz CT molecular complexity index is 2430. The molecule has 5 nitrogen and oxygen atoms in total. The minimum atomic E-state index is 0.655. The fourth-order valence-electron chi connectivity index (χ4n) is 6.11.